The van der Waals surface area contributed by atoms with Gasteiger partial charge in [0.1, 0.15) is 0 Å². The van der Waals surface area contributed by atoms with E-state index < -0.39 is 15.6 Å². The maximum atomic E-state index is 12.3. The van der Waals surface area contributed by atoms with Crippen molar-refractivity contribution in [3.05, 3.63) is 65.2 Å². The first kappa shape index (κ1) is 21.1. The average Bonchev–Trinajstić information content (AvgIpc) is 2.56. The highest BCUT2D eigenvalue weighted by molar-refractivity contribution is 7.89. The SMILES string of the molecule is Cc1cccc(CNC(=O)CCc2ccc(S(=O)(=O)NC(C)(C)C)cc2)c1. The molecule has 0 aliphatic rings. The highest BCUT2D eigenvalue weighted by atomic mass is 32.2. The predicted molar refractivity (Wildman–Crippen MR) is 108 cm³/mol. The van der Waals surface area contributed by atoms with Gasteiger partial charge in [0, 0.05) is 18.5 Å². The van der Waals surface area contributed by atoms with E-state index in [0.717, 1.165) is 16.7 Å². The van der Waals surface area contributed by atoms with Gasteiger partial charge in [-0.15, -0.1) is 0 Å². The van der Waals surface area contributed by atoms with Crippen LogP contribution in [-0.4, -0.2) is 19.9 Å². The molecule has 0 atom stereocenters. The van der Waals surface area contributed by atoms with Gasteiger partial charge in [-0.3, -0.25) is 4.79 Å². The van der Waals surface area contributed by atoms with Crippen LogP contribution in [0.3, 0.4) is 0 Å². The summed E-state index contributed by atoms with van der Waals surface area (Å²) in [5.41, 5.74) is 2.63. The summed E-state index contributed by atoms with van der Waals surface area (Å²) in [7, 11) is -3.54. The number of hydrogen-bond acceptors (Lipinski definition) is 3. The number of aryl methyl sites for hydroxylation is 2. The molecule has 0 spiro atoms. The third kappa shape index (κ3) is 7.15. The molecule has 0 aliphatic heterocycles. The van der Waals surface area contributed by atoms with Crippen LogP contribution in [0.1, 0.15) is 43.9 Å². The zero-order valence-electron chi connectivity index (χ0n) is 16.4. The standard InChI is InChI=1S/C21H28N2O3S/c1-16-6-5-7-18(14-16)15-22-20(24)13-10-17-8-11-19(12-9-17)27(25,26)23-21(2,3)4/h5-9,11-12,14,23H,10,13,15H2,1-4H3,(H,22,24). The minimum atomic E-state index is -3.54. The highest BCUT2D eigenvalue weighted by Gasteiger charge is 2.21. The van der Waals surface area contributed by atoms with Crippen LogP contribution in [0.15, 0.2) is 53.4 Å². The molecule has 0 saturated heterocycles. The maximum Gasteiger partial charge on any atom is 0.241 e. The Morgan fingerprint density at radius 1 is 1.00 bits per heavy atom. The molecule has 0 heterocycles. The minimum Gasteiger partial charge on any atom is -0.352 e. The van der Waals surface area contributed by atoms with Crippen LogP contribution in [0.2, 0.25) is 0 Å². The molecular weight excluding hydrogens is 360 g/mol. The van der Waals surface area contributed by atoms with Gasteiger partial charge in [-0.2, -0.15) is 0 Å². The molecule has 2 rings (SSSR count). The van der Waals surface area contributed by atoms with Crippen LogP contribution in [0, 0.1) is 6.92 Å². The molecule has 27 heavy (non-hydrogen) atoms. The predicted octanol–water partition coefficient (Wildman–Crippen LogP) is 3.32. The van der Waals surface area contributed by atoms with Crippen molar-refractivity contribution in [3.63, 3.8) is 0 Å². The summed E-state index contributed by atoms with van der Waals surface area (Å²) in [4.78, 5) is 12.3. The topological polar surface area (TPSA) is 75.3 Å². The lowest BCUT2D eigenvalue weighted by Crippen LogP contribution is -2.40. The van der Waals surface area contributed by atoms with E-state index in [-0.39, 0.29) is 10.8 Å². The van der Waals surface area contributed by atoms with Gasteiger partial charge < -0.3 is 5.32 Å². The molecule has 2 aromatic rings. The Hall–Kier alpha value is -2.18. The van der Waals surface area contributed by atoms with E-state index in [1.165, 1.54) is 0 Å². The van der Waals surface area contributed by atoms with Crippen molar-refractivity contribution in [2.45, 2.75) is 57.5 Å². The molecule has 2 aromatic carbocycles. The normalized spacial score (nSPS) is 12.0. The quantitative estimate of drug-likeness (QED) is 0.764. The Bertz CT molecular complexity index is 882. The van der Waals surface area contributed by atoms with E-state index in [1.807, 2.05) is 31.2 Å². The van der Waals surface area contributed by atoms with E-state index >= 15 is 0 Å². The van der Waals surface area contributed by atoms with Gasteiger partial charge in [-0.1, -0.05) is 42.0 Å². The molecule has 2 N–H and O–H groups in total. The molecule has 0 fully saturated rings. The molecule has 0 bridgehead atoms. The number of carbonyl (C=O) groups excluding carboxylic acids is 1. The summed E-state index contributed by atoms with van der Waals surface area (Å²) in [6, 6.07) is 14.7. The Morgan fingerprint density at radius 3 is 2.26 bits per heavy atom. The zero-order valence-corrected chi connectivity index (χ0v) is 17.2. The Morgan fingerprint density at radius 2 is 1.67 bits per heavy atom. The monoisotopic (exact) mass is 388 g/mol. The first-order valence-electron chi connectivity index (χ1n) is 9.00. The molecule has 0 aliphatic carbocycles. The fourth-order valence-corrected chi connectivity index (χ4v) is 4.08. The van der Waals surface area contributed by atoms with Gasteiger partial charge in [0.25, 0.3) is 0 Å². The van der Waals surface area contributed by atoms with Gasteiger partial charge in [-0.05, 0) is 57.4 Å². The molecule has 0 unspecified atom stereocenters. The lowest BCUT2D eigenvalue weighted by atomic mass is 10.1. The fraction of sp³-hybridized carbons (Fsp3) is 0.381. The van der Waals surface area contributed by atoms with Crippen molar-refractivity contribution in [2.75, 3.05) is 0 Å². The average molecular weight is 389 g/mol. The summed E-state index contributed by atoms with van der Waals surface area (Å²) in [6.07, 6.45) is 0.921. The number of nitrogens with one attached hydrogen (secondary N) is 2. The zero-order chi connectivity index (χ0) is 20.1. The number of carbonyl (C=O) groups is 1. The van der Waals surface area contributed by atoms with Crippen molar-refractivity contribution in [1.29, 1.82) is 0 Å². The Balaban J connectivity index is 1.86. The van der Waals surface area contributed by atoms with Crippen LogP contribution in [0.5, 0.6) is 0 Å². The number of amides is 1. The fourth-order valence-electron chi connectivity index (χ4n) is 2.67. The number of hydrogen-bond donors (Lipinski definition) is 2. The van der Waals surface area contributed by atoms with Crippen LogP contribution < -0.4 is 10.0 Å². The molecule has 0 saturated carbocycles. The van der Waals surface area contributed by atoms with Crippen LogP contribution in [0.4, 0.5) is 0 Å². The van der Waals surface area contributed by atoms with Crippen molar-refractivity contribution >= 4 is 15.9 Å². The Kier molecular flexibility index (Phi) is 6.78. The molecule has 0 aromatic heterocycles. The van der Waals surface area contributed by atoms with Crippen molar-refractivity contribution in [2.24, 2.45) is 0 Å². The van der Waals surface area contributed by atoms with E-state index in [4.69, 9.17) is 0 Å². The molecule has 0 radical (unpaired) electrons. The number of rotatable bonds is 7. The second kappa shape index (κ2) is 8.67. The first-order valence-corrected chi connectivity index (χ1v) is 10.5. The lowest BCUT2D eigenvalue weighted by molar-refractivity contribution is -0.121. The third-order valence-corrected chi connectivity index (χ3v) is 5.66. The molecule has 1 amide bonds. The third-order valence-electron chi connectivity index (χ3n) is 3.89. The van der Waals surface area contributed by atoms with E-state index in [9.17, 15) is 13.2 Å². The van der Waals surface area contributed by atoms with Gasteiger partial charge >= 0.3 is 0 Å². The summed E-state index contributed by atoms with van der Waals surface area (Å²) < 4.78 is 27.2. The van der Waals surface area contributed by atoms with Crippen LogP contribution >= 0.6 is 0 Å². The van der Waals surface area contributed by atoms with E-state index in [0.29, 0.717) is 19.4 Å². The number of sulfonamides is 1. The van der Waals surface area contributed by atoms with Gasteiger partial charge in [0.2, 0.25) is 15.9 Å². The first-order chi connectivity index (χ1) is 12.5. The van der Waals surface area contributed by atoms with Crippen LogP contribution in [-0.2, 0) is 27.8 Å². The molecule has 6 heteroatoms. The second-order valence-electron chi connectivity index (χ2n) is 7.77. The van der Waals surface area contributed by atoms with E-state index in [2.05, 4.69) is 10.0 Å². The summed E-state index contributed by atoms with van der Waals surface area (Å²) >= 11 is 0. The second-order valence-corrected chi connectivity index (χ2v) is 9.45. The smallest absolute Gasteiger partial charge is 0.241 e. The van der Waals surface area contributed by atoms with Crippen LogP contribution in [0.25, 0.3) is 0 Å². The summed E-state index contributed by atoms with van der Waals surface area (Å²) in [5.74, 6) is -0.0254. The van der Waals surface area contributed by atoms with Gasteiger partial charge in [0.05, 0.1) is 4.90 Å². The lowest BCUT2D eigenvalue weighted by Gasteiger charge is -2.20. The molecular formula is C21H28N2O3S. The Labute approximate surface area is 162 Å². The molecule has 146 valence electrons. The van der Waals surface area contributed by atoms with Crippen molar-refractivity contribution in [1.82, 2.24) is 10.0 Å². The minimum absolute atomic E-state index is 0.0254. The molecule has 5 nitrogen and oxygen atoms in total. The van der Waals surface area contributed by atoms with Gasteiger partial charge in [0.15, 0.2) is 0 Å². The van der Waals surface area contributed by atoms with Crippen molar-refractivity contribution < 1.29 is 13.2 Å². The van der Waals surface area contributed by atoms with E-state index in [1.54, 1.807) is 45.0 Å². The van der Waals surface area contributed by atoms with Crippen molar-refractivity contribution in [3.8, 4) is 0 Å². The summed E-state index contributed by atoms with van der Waals surface area (Å²) in [5, 5.41) is 2.91. The maximum absolute atomic E-state index is 12.3. The largest absolute Gasteiger partial charge is 0.352 e. The summed E-state index contributed by atoms with van der Waals surface area (Å²) in [6.45, 7) is 7.93. The number of benzene rings is 2. The van der Waals surface area contributed by atoms with Gasteiger partial charge in [-0.25, -0.2) is 13.1 Å². The highest BCUT2D eigenvalue weighted by Crippen LogP contribution is 2.14.